The minimum Gasteiger partial charge on any atom is -0.488 e. The minimum absolute atomic E-state index is 0.0611. The second-order valence-corrected chi connectivity index (χ2v) is 8.25. The van der Waals surface area contributed by atoms with E-state index in [0.717, 1.165) is 11.0 Å². The zero-order valence-corrected chi connectivity index (χ0v) is 18.4. The molecular weight excluding hydrogens is 449 g/mol. The van der Waals surface area contributed by atoms with Crippen molar-refractivity contribution in [2.24, 2.45) is 0 Å². The number of pyridine rings is 1. The molecule has 0 aliphatic carbocycles. The number of hydrogen-bond acceptors (Lipinski definition) is 6. The summed E-state index contributed by atoms with van der Waals surface area (Å²) in [6.07, 6.45) is 3.03. The predicted molar refractivity (Wildman–Crippen MR) is 121 cm³/mol. The largest absolute Gasteiger partial charge is 0.488 e. The van der Waals surface area contributed by atoms with Crippen molar-refractivity contribution in [1.29, 1.82) is 0 Å². The van der Waals surface area contributed by atoms with Gasteiger partial charge in [-0.2, -0.15) is 0 Å². The molecule has 2 heterocycles. The van der Waals surface area contributed by atoms with E-state index < -0.39 is 0 Å². The van der Waals surface area contributed by atoms with Gasteiger partial charge >= 0.3 is 0 Å². The van der Waals surface area contributed by atoms with Crippen molar-refractivity contribution < 1.29 is 9.13 Å². The second kappa shape index (κ2) is 8.49. The number of hydrogen-bond donors (Lipinski definition) is 1. The lowest BCUT2D eigenvalue weighted by Gasteiger charge is -2.21. The van der Waals surface area contributed by atoms with Gasteiger partial charge in [0.25, 0.3) is 0 Å². The lowest BCUT2D eigenvalue weighted by Crippen LogP contribution is -2.28. The molecule has 2 aromatic carbocycles. The Balaban J connectivity index is 1.79. The van der Waals surface area contributed by atoms with Gasteiger partial charge in [0, 0.05) is 22.6 Å². The fourth-order valence-electron chi connectivity index (χ4n) is 3.42. The Hall–Kier alpha value is -2.84. The average Bonchev–Trinajstić information content (AvgIpc) is 2.69. The first-order valence-corrected chi connectivity index (χ1v) is 10.3. The second-order valence-electron chi connectivity index (χ2n) is 7.33. The molecule has 0 aliphatic heterocycles. The molecule has 0 unspecified atom stereocenters. The Morgan fingerprint density at radius 1 is 1.13 bits per heavy atom. The van der Waals surface area contributed by atoms with Crippen LogP contribution < -0.4 is 10.1 Å². The number of rotatable bonds is 6. The number of aromatic nitrogens is 3. The van der Waals surface area contributed by atoms with Gasteiger partial charge in [-0.3, -0.25) is 4.98 Å². The van der Waals surface area contributed by atoms with Crippen molar-refractivity contribution in [1.82, 2.24) is 19.9 Å². The van der Waals surface area contributed by atoms with Gasteiger partial charge in [-0.15, -0.1) is 0 Å². The number of anilines is 2. The van der Waals surface area contributed by atoms with Crippen LogP contribution in [0, 0.1) is 5.82 Å². The molecule has 0 radical (unpaired) electrons. The Morgan fingerprint density at radius 3 is 2.77 bits per heavy atom. The highest BCUT2D eigenvalue weighted by molar-refractivity contribution is 9.10. The van der Waals surface area contributed by atoms with Crippen molar-refractivity contribution in [2.75, 3.05) is 26.0 Å². The molecule has 8 heteroatoms. The summed E-state index contributed by atoms with van der Waals surface area (Å²) in [5.41, 5.74) is 1.60. The zero-order chi connectivity index (χ0) is 21.3. The highest BCUT2D eigenvalue weighted by Crippen LogP contribution is 2.36. The van der Waals surface area contributed by atoms with Gasteiger partial charge in [-0.05, 0) is 57.4 Å². The molecule has 6 nitrogen and oxygen atoms in total. The third kappa shape index (κ3) is 4.20. The number of likely N-dealkylation sites (N-methyl/N-ethyl adjacent to an activating group) is 1. The van der Waals surface area contributed by atoms with Gasteiger partial charge in [-0.1, -0.05) is 15.9 Å². The van der Waals surface area contributed by atoms with E-state index in [4.69, 9.17) is 4.74 Å². The first-order valence-electron chi connectivity index (χ1n) is 9.48. The summed E-state index contributed by atoms with van der Waals surface area (Å²) in [4.78, 5) is 15.0. The third-order valence-electron chi connectivity index (χ3n) is 4.59. The van der Waals surface area contributed by atoms with Crippen molar-refractivity contribution in [2.45, 2.75) is 13.0 Å². The third-order valence-corrected chi connectivity index (χ3v) is 5.05. The van der Waals surface area contributed by atoms with Crippen LogP contribution in [0.4, 0.5) is 15.9 Å². The van der Waals surface area contributed by atoms with Crippen LogP contribution in [0.2, 0.25) is 0 Å². The standard InChI is InChI=1S/C22H21BrFN5O/c1-13(11-29(2)3)30-19-10-14(23)9-18-20(19)22(27-12-26-18)28-17-7-6-16-15(21(17)24)5-4-8-25-16/h4-10,12-13H,11H2,1-3H3,(H,26,27,28)/t13-/m1/s1. The Morgan fingerprint density at radius 2 is 1.97 bits per heavy atom. The van der Waals surface area contributed by atoms with Gasteiger partial charge in [0.1, 0.15) is 24.0 Å². The van der Waals surface area contributed by atoms with Crippen LogP contribution in [0.15, 0.2) is 53.4 Å². The molecule has 0 spiro atoms. The summed E-state index contributed by atoms with van der Waals surface area (Å²) in [5.74, 6) is 0.717. The highest BCUT2D eigenvalue weighted by atomic mass is 79.9. The molecule has 154 valence electrons. The number of halogens is 2. The molecule has 1 N–H and O–H groups in total. The molecule has 2 aromatic heterocycles. The Bertz CT molecular complexity index is 1220. The van der Waals surface area contributed by atoms with E-state index in [1.54, 1.807) is 30.5 Å². The number of nitrogens with zero attached hydrogens (tertiary/aromatic N) is 4. The molecule has 1 atom stereocenters. The van der Waals surface area contributed by atoms with Gasteiger partial charge in [0.05, 0.1) is 22.1 Å². The molecular formula is C22H21BrFN5O. The topological polar surface area (TPSA) is 63.2 Å². The van der Waals surface area contributed by atoms with Gasteiger partial charge in [0.15, 0.2) is 5.82 Å². The quantitative estimate of drug-likeness (QED) is 0.421. The number of fused-ring (bicyclic) bond motifs is 2. The number of benzene rings is 2. The van der Waals surface area contributed by atoms with Crippen LogP contribution >= 0.6 is 15.9 Å². The minimum atomic E-state index is -0.382. The van der Waals surface area contributed by atoms with Crippen LogP contribution in [-0.2, 0) is 0 Å². The smallest absolute Gasteiger partial charge is 0.156 e. The van der Waals surface area contributed by atoms with Gasteiger partial charge in [0.2, 0.25) is 0 Å². The van der Waals surface area contributed by atoms with Gasteiger partial charge in [-0.25, -0.2) is 14.4 Å². The fraction of sp³-hybridized carbons (Fsp3) is 0.227. The molecule has 0 amide bonds. The monoisotopic (exact) mass is 469 g/mol. The van der Waals surface area contributed by atoms with E-state index in [1.807, 2.05) is 33.2 Å². The highest BCUT2D eigenvalue weighted by Gasteiger charge is 2.17. The predicted octanol–water partition coefficient (Wildman–Crippen LogP) is 5.15. The summed E-state index contributed by atoms with van der Waals surface area (Å²) in [5, 5.41) is 4.26. The van der Waals surface area contributed by atoms with E-state index in [0.29, 0.717) is 39.1 Å². The van der Waals surface area contributed by atoms with E-state index in [9.17, 15) is 0 Å². The maximum atomic E-state index is 15.1. The van der Waals surface area contributed by atoms with E-state index in [1.165, 1.54) is 6.33 Å². The number of nitrogens with one attached hydrogen (secondary N) is 1. The molecule has 4 aromatic rings. The molecule has 0 saturated carbocycles. The fourth-order valence-corrected chi connectivity index (χ4v) is 3.84. The van der Waals surface area contributed by atoms with Crippen LogP contribution in [0.3, 0.4) is 0 Å². The summed E-state index contributed by atoms with van der Waals surface area (Å²) in [7, 11) is 3.98. The van der Waals surface area contributed by atoms with Gasteiger partial charge < -0.3 is 15.0 Å². The normalized spacial score (nSPS) is 12.5. The summed E-state index contributed by atoms with van der Waals surface area (Å²) in [6.45, 7) is 2.75. The zero-order valence-electron chi connectivity index (χ0n) is 16.9. The summed E-state index contributed by atoms with van der Waals surface area (Å²) < 4.78 is 22.1. The lowest BCUT2D eigenvalue weighted by molar-refractivity contribution is 0.179. The molecule has 30 heavy (non-hydrogen) atoms. The molecule has 0 fully saturated rings. The van der Waals surface area contributed by atoms with Crippen LogP contribution in [0.5, 0.6) is 5.75 Å². The average molecular weight is 470 g/mol. The van der Waals surface area contributed by atoms with Crippen LogP contribution in [0.25, 0.3) is 21.8 Å². The maximum Gasteiger partial charge on any atom is 0.156 e. The molecule has 0 aliphatic rings. The van der Waals surface area contributed by atoms with Crippen LogP contribution in [-0.4, -0.2) is 46.6 Å². The summed E-state index contributed by atoms with van der Waals surface area (Å²) in [6, 6.07) is 10.6. The van der Waals surface area contributed by atoms with Crippen molar-refractivity contribution >= 4 is 49.2 Å². The molecule has 0 saturated heterocycles. The van der Waals surface area contributed by atoms with Crippen LogP contribution in [0.1, 0.15) is 6.92 Å². The molecule has 0 bridgehead atoms. The Labute approximate surface area is 182 Å². The van der Waals surface area contributed by atoms with Crippen molar-refractivity contribution in [3.05, 3.63) is 59.2 Å². The first-order chi connectivity index (χ1) is 14.4. The Kier molecular flexibility index (Phi) is 5.78. The van der Waals surface area contributed by atoms with Crippen molar-refractivity contribution in [3.63, 3.8) is 0 Å². The molecule has 4 rings (SSSR count). The van der Waals surface area contributed by atoms with E-state index in [2.05, 4.69) is 41.1 Å². The first kappa shape index (κ1) is 20.4. The lowest BCUT2D eigenvalue weighted by atomic mass is 10.1. The SMILES string of the molecule is C[C@H](CN(C)C)Oc1cc(Br)cc2ncnc(Nc3ccc4ncccc4c3F)c12. The summed E-state index contributed by atoms with van der Waals surface area (Å²) >= 11 is 3.52. The van der Waals surface area contributed by atoms with Crippen molar-refractivity contribution in [3.8, 4) is 5.75 Å². The number of ether oxygens (including phenoxy) is 1. The van der Waals surface area contributed by atoms with E-state index >= 15 is 4.39 Å². The van der Waals surface area contributed by atoms with E-state index in [-0.39, 0.29) is 11.9 Å². The maximum absolute atomic E-state index is 15.1.